The zero-order chi connectivity index (χ0) is 14.8. The van der Waals surface area contributed by atoms with Gasteiger partial charge >= 0.3 is 0 Å². The van der Waals surface area contributed by atoms with Gasteiger partial charge in [0.15, 0.2) is 0 Å². The van der Waals surface area contributed by atoms with Crippen LogP contribution in [0.25, 0.3) is 0 Å². The largest absolute Gasteiger partial charge is 0.308 e. The van der Waals surface area contributed by atoms with Gasteiger partial charge in [0.25, 0.3) is 10.0 Å². The Labute approximate surface area is 125 Å². The molecule has 1 aromatic carbocycles. The Balaban J connectivity index is 2.30. The molecule has 0 atom stereocenters. The first-order valence-corrected chi connectivity index (χ1v) is 7.91. The highest BCUT2D eigenvalue weighted by Crippen LogP contribution is 2.23. The summed E-state index contributed by atoms with van der Waals surface area (Å²) in [5, 5.41) is 0. The first-order valence-electron chi connectivity index (χ1n) is 5.64. The highest BCUT2D eigenvalue weighted by molar-refractivity contribution is 9.10. The van der Waals surface area contributed by atoms with E-state index in [-0.39, 0.29) is 4.90 Å². The van der Waals surface area contributed by atoms with Crippen LogP contribution in [-0.4, -0.2) is 13.4 Å². The average Bonchev–Trinajstić information content (AvgIpc) is 2.42. The molecule has 20 heavy (non-hydrogen) atoms. The lowest BCUT2D eigenvalue weighted by Crippen LogP contribution is -2.15. The van der Waals surface area contributed by atoms with Gasteiger partial charge in [0.1, 0.15) is 10.7 Å². The number of pyridine rings is 1. The van der Waals surface area contributed by atoms with Gasteiger partial charge < -0.3 is 5.43 Å². The number of nitrogens with one attached hydrogen (secondary N) is 2. The molecule has 0 aliphatic carbocycles. The van der Waals surface area contributed by atoms with Crippen LogP contribution in [0, 0.1) is 6.92 Å². The number of hydrogen-bond acceptors (Lipinski definition) is 5. The Bertz CT molecular complexity index is 717. The Kier molecular flexibility index (Phi) is 4.26. The molecule has 2 rings (SSSR count). The first-order chi connectivity index (χ1) is 9.42. The Hall–Kier alpha value is -1.64. The fourth-order valence-corrected chi connectivity index (χ4v) is 3.12. The van der Waals surface area contributed by atoms with Crippen molar-refractivity contribution in [3.63, 3.8) is 0 Å². The SMILES string of the molecule is Cc1cc(Br)ccc1NS(=O)(=O)c1ccc(NN)nc1. The summed E-state index contributed by atoms with van der Waals surface area (Å²) in [7, 11) is -3.67. The monoisotopic (exact) mass is 356 g/mol. The van der Waals surface area contributed by atoms with Crippen molar-refractivity contribution in [2.24, 2.45) is 5.84 Å². The maximum absolute atomic E-state index is 12.2. The number of nitrogens with two attached hydrogens (primary N) is 1. The molecule has 2 aromatic rings. The quantitative estimate of drug-likeness (QED) is 0.576. The number of halogens is 1. The molecule has 0 unspecified atom stereocenters. The van der Waals surface area contributed by atoms with E-state index in [4.69, 9.17) is 5.84 Å². The van der Waals surface area contributed by atoms with E-state index >= 15 is 0 Å². The molecule has 8 heteroatoms. The number of nitrogen functional groups attached to an aromatic ring is 1. The number of nitrogens with zero attached hydrogens (tertiary/aromatic N) is 1. The lowest BCUT2D eigenvalue weighted by atomic mass is 10.2. The molecule has 0 bridgehead atoms. The molecule has 0 saturated heterocycles. The van der Waals surface area contributed by atoms with Crippen molar-refractivity contribution >= 4 is 37.5 Å². The number of rotatable bonds is 4. The van der Waals surface area contributed by atoms with Crippen LogP contribution < -0.4 is 16.0 Å². The van der Waals surface area contributed by atoms with Crippen molar-refractivity contribution in [1.29, 1.82) is 0 Å². The summed E-state index contributed by atoms with van der Waals surface area (Å²) in [6.07, 6.45) is 1.24. The Morgan fingerprint density at radius 1 is 1.25 bits per heavy atom. The Morgan fingerprint density at radius 2 is 2.00 bits per heavy atom. The summed E-state index contributed by atoms with van der Waals surface area (Å²) in [6.45, 7) is 1.82. The van der Waals surface area contributed by atoms with Crippen molar-refractivity contribution in [1.82, 2.24) is 4.98 Å². The molecule has 0 aliphatic heterocycles. The standard InChI is InChI=1S/C12H13BrN4O2S/c1-8-6-9(13)2-4-11(8)17-20(18,19)10-3-5-12(16-14)15-7-10/h2-7,17H,14H2,1H3,(H,15,16). The van der Waals surface area contributed by atoms with Gasteiger partial charge in [-0.15, -0.1) is 0 Å². The van der Waals surface area contributed by atoms with Crippen molar-refractivity contribution in [2.45, 2.75) is 11.8 Å². The fourth-order valence-electron chi connectivity index (χ4n) is 1.57. The second-order valence-electron chi connectivity index (χ2n) is 4.09. The second-order valence-corrected chi connectivity index (χ2v) is 6.69. The molecule has 0 fully saturated rings. The molecule has 0 saturated carbocycles. The Morgan fingerprint density at radius 3 is 2.55 bits per heavy atom. The van der Waals surface area contributed by atoms with Crippen LogP contribution in [0.3, 0.4) is 0 Å². The van der Waals surface area contributed by atoms with E-state index in [2.05, 4.69) is 31.1 Å². The van der Waals surface area contributed by atoms with Crippen molar-refractivity contribution < 1.29 is 8.42 Å². The second kappa shape index (κ2) is 5.78. The number of hydrogen-bond donors (Lipinski definition) is 3. The van der Waals surface area contributed by atoms with E-state index in [0.29, 0.717) is 11.5 Å². The zero-order valence-corrected chi connectivity index (χ0v) is 13.0. The van der Waals surface area contributed by atoms with Gasteiger partial charge in [-0.05, 0) is 42.8 Å². The number of aromatic nitrogens is 1. The topological polar surface area (TPSA) is 97.1 Å². The first kappa shape index (κ1) is 14.8. The zero-order valence-electron chi connectivity index (χ0n) is 10.6. The third-order valence-corrected chi connectivity index (χ3v) is 4.47. The van der Waals surface area contributed by atoms with Crippen LogP contribution in [-0.2, 0) is 10.0 Å². The molecule has 0 radical (unpaired) electrons. The van der Waals surface area contributed by atoms with Crippen molar-refractivity contribution in [2.75, 3.05) is 10.1 Å². The predicted octanol–water partition coefficient (Wildman–Crippen LogP) is 2.24. The van der Waals surface area contributed by atoms with Gasteiger partial charge in [-0.25, -0.2) is 19.2 Å². The molecule has 6 nitrogen and oxygen atoms in total. The smallest absolute Gasteiger partial charge is 0.263 e. The summed E-state index contributed by atoms with van der Waals surface area (Å²) in [5.41, 5.74) is 3.68. The molecule has 0 amide bonds. The van der Waals surface area contributed by atoms with Crippen LogP contribution in [0.15, 0.2) is 45.9 Å². The van der Waals surface area contributed by atoms with E-state index in [1.54, 1.807) is 12.1 Å². The highest BCUT2D eigenvalue weighted by Gasteiger charge is 2.15. The van der Waals surface area contributed by atoms with Crippen molar-refractivity contribution in [3.8, 4) is 0 Å². The normalized spacial score (nSPS) is 11.2. The van der Waals surface area contributed by atoms with Gasteiger partial charge in [0.05, 0.1) is 5.69 Å². The van der Waals surface area contributed by atoms with Crippen molar-refractivity contribution in [3.05, 3.63) is 46.6 Å². The molecule has 0 spiro atoms. The number of aryl methyl sites for hydroxylation is 1. The number of anilines is 2. The maximum Gasteiger partial charge on any atom is 0.263 e. The molecule has 0 aliphatic rings. The third kappa shape index (κ3) is 3.27. The van der Waals surface area contributed by atoms with Gasteiger partial charge in [0.2, 0.25) is 0 Å². The minimum atomic E-state index is -3.67. The number of hydrazine groups is 1. The summed E-state index contributed by atoms with van der Waals surface area (Å²) in [6, 6.07) is 8.21. The molecule has 4 N–H and O–H groups in total. The maximum atomic E-state index is 12.2. The minimum absolute atomic E-state index is 0.0684. The lowest BCUT2D eigenvalue weighted by molar-refractivity contribution is 0.601. The molecular formula is C12H13BrN4O2S. The van der Waals surface area contributed by atoms with Crippen LogP contribution >= 0.6 is 15.9 Å². The van der Waals surface area contributed by atoms with Gasteiger partial charge in [-0.2, -0.15) is 0 Å². The average molecular weight is 357 g/mol. The molecule has 106 valence electrons. The van der Waals surface area contributed by atoms with E-state index in [0.717, 1.165) is 10.0 Å². The van der Waals surface area contributed by atoms with Crippen LogP contribution in [0.5, 0.6) is 0 Å². The van der Waals surface area contributed by atoms with Crippen LogP contribution in [0.2, 0.25) is 0 Å². The minimum Gasteiger partial charge on any atom is -0.308 e. The van der Waals surface area contributed by atoms with Gasteiger partial charge in [-0.3, -0.25) is 4.72 Å². The highest BCUT2D eigenvalue weighted by atomic mass is 79.9. The van der Waals surface area contributed by atoms with Crippen LogP contribution in [0.1, 0.15) is 5.56 Å². The summed E-state index contributed by atoms with van der Waals surface area (Å²) >= 11 is 3.33. The lowest BCUT2D eigenvalue weighted by Gasteiger charge is -2.11. The predicted molar refractivity (Wildman–Crippen MR) is 81.7 cm³/mol. The molecular weight excluding hydrogens is 344 g/mol. The fraction of sp³-hybridized carbons (Fsp3) is 0.0833. The van der Waals surface area contributed by atoms with Gasteiger partial charge in [-0.1, -0.05) is 15.9 Å². The van der Waals surface area contributed by atoms with E-state index < -0.39 is 10.0 Å². The molecule has 1 heterocycles. The number of benzene rings is 1. The summed E-state index contributed by atoms with van der Waals surface area (Å²) in [5.74, 6) is 5.58. The van der Waals surface area contributed by atoms with Crippen LogP contribution in [0.4, 0.5) is 11.5 Å². The molecule has 1 aromatic heterocycles. The van der Waals surface area contributed by atoms with E-state index in [9.17, 15) is 8.42 Å². The van der Waals surface area contributed by atoms with E-state index in [1.165, 1.54) is 18.3 Å². The number of sulfonamides is 1. The van der Waals surface area contributed by atoms with E-state index in [1.807, 2.05) is 13.0 Å². The van der Waals surface area contributed by atoms with Gasteiger partial charge in [0, 0.05) is 10.7 Å². The summed E-state index contributed by atoms with van der Waals surface area (Å²) < 4.78 is 27.9. The third-order valence-electron chi connectivity index (χ3n) is 2.63. The summed E-state index contributed by atoms with van der Waals surface area (Å²) in [4.78, 5) is 3.95.